The van der Waals surface area contributed by atoms with E-state index < -0.39 is 5.54 Å². The molecule has 4 fully saturated rings. The van der Waals surface area contributed by atoms with Crippen LogP contribution in [0.25, 0.3) is 0 Å². The zero-order valence-electron chi connectivity index (χ0n) is 19.5. The minimum atomic E-state index is -0.445. The van der Waals surface area contributed by atoms with Gasteiger partial charge < -0.3 is 10.6 Å². The standard InChI is InChI=1S/C28H37N3O/c1-20(2)15-25-23-16-24-19-31(18-22-11-7-4-8-12-22)26(25)28(24,30-17-23)27(32)29-14-13-21-9-5-3-6-10-21/h3-12,20,23-26,30H,13-19H2,1-2H3,(H,29,32)/t23?,24?,25?,26-,28?/m0/s1. The summed E-state index contributed by atoms with van der Waals surface area (Å²) < 4.78 is 0. The Bertz CT molecular complexity index is 915. The molecule has 32 heavy (non-hydrogen) atoms. The van der Waals surface area contributed by atoms with Crippen LogP contribution in [0.4, 0.5) is 0 Å². The van der Waals surface area contributed by atoms with E-state index >= 15 is 0 Å². The number of carbonyl (C=O) groups is 1. The van der Waals surface area contributed by atoms with Crippen LogP contribution in [0.5, 0.6) is 0 Å². The third-order valence-electron chi connectivity index (χ3n) is 8.10. The van der Waals surface area contributed by atoms with E-state index in [0.29, 0.717) is 30.2 Å². The van der Waals surface area contributed by atoms with Gasteiger partial charge in [0.1, 0.15) is 5.54 Å². The zero-order valence-corrected chi connectivity index (χ0v) is 19.5. The van der Waals surface area contributed by atoms with Gasteiger partial charge in [-0.3, -0.25) is 9.69 Å². The van der Waals surface area contributed by atoms with Gasteiger partial charge in [0.15, 0.2) is 0 Å². The van der Waals surface area contributed by atoms with E-state index in [0.717, 1.165) is 26.1 Å². The van der Waals surface area contributed by atoms with E-state index in [1.165, 1.54) is 24.0 Å². The molecule has 4 aliphatic rings. The van der Waals surface area contributed by atoms with Gasteiger partial charge >= 0.3 is 0 Å². The lowest BCUT2D eigenvalue weighted by Gasteiger charge is -2.56. The molecular formula is C28H37N3O. The van der Waals surface area contributed by atoms with Crippen molar-refractivity contribution in [3.8, 4) is 0 Å². The van der Waals surface area contributed by atoms with Gasteiger partial charge in [0.25, 0.3) is 0 Å². The topological polar surface area (TPSA) is 44.4 Å². The van der Waals surface area contributed by atoms with E-state index in [2.05, 4.69) is 84.0 Å². The molecule has 0 radical (unpaired) electrons. The number of carbonyl (C=O) groups excluding carboxylic acids is 1. The molecule has 2 N–H and O–H groups in total. The first kappa shape index (κ1) is 21.7. The summed E-state index contributed by atoms with van der Waals surface area (Å²) in [7, 11) is 0. The van der Waals surface area contributed by atoms with Crippen molar-refractivity contribution in [2.75, 3.05) is 19.6 Å². The number of hydrogen-bond acceptors (Lipinski definition) is 3. The molecule has 5 atom stereocenters. The Morgan fingerprint density at radius 2 is 1.78 bits per heavy atom. The Hall–Kier alpha value is -2.17. The van der Waals surface area contributed by atoms with E-state index in [4.69, 9.17) is 0 Å². The quantitative estimate of drug-likeness (QED) is 0.667. The maximum atomic E-state index is 13.9. The predicted octanol–water partition coefficient (Wildman–Crippen LogP) is 3.87. The van der Waals surface area contributed by atoms with Crippen molar-refractivity contribution < 1.29 is 4.79 Å². The van der Waals surface area contributed by atoms with Crippen molar-refractivity contribution in [2.24, 2.45) is 23.7 Å². The van der Waals surface area contributed by atoms with E-state index in [9.17, 15) is 4.79 Å². The van der Waals surface area contributed by atoms with Crippen LogP contribution >= 0.6 is 0 Å². The van der Waals surface area contributed by atoms with Gasteiger partial charge in [-0.25, -0.2) is 0 Å². The number of amides is 1. The van der Waals surface area contributed by atoms with Gasteiger partial charge in [-0.1, -0.05) is 74.5 Å². The Kier molecular flexibility index (Phi) is 6.09. The van der Waals surface area contributed by atoms with Crippen LogP contribution in [0.3, 0.4) is 0 Å². The van der Waals surface area contributed by atoms with Crippen LogP contribution in [-0.2, 0) is 17.8 Å². The van der Waals surface area contributed by atoms with Crippen LogP contribution in [0.15, 0.2) is 60.7 Å². The summed E-state index contributed by atoms with van der Waals surface area (Å²) in [6, 6.07) is 21.5. The number of nitrogens with one attached hydrogen (secondary N) is 2. The average Bonchev–Trinajstić information content (AvgIpc) is 3.06. The Morgan fingerprint density at radius 3 is 2.47 bits per heavy atom. The molecule has 1 aliphatic carbocycles. The molecule has 2 aromatic rings. The SMILES string of the molecule is CC(C)CC1C2CNC3(C(=O)NCCc4ccccc4)C(C2)CN(Cc2ccccc2)[C@@H]13. The highest BCUT2D eigenvalue weighted by Gasteiger charge is 2.67. The summed E-state index contributed by atoms with van der Waals surface area (Å²) in [6.07, 6.45) is 3.26. The molecule has 2 aromatic carbocycles. The monoisotopic (exact) mass is 431 g/mol. The second-order valence-corrected chi connectivity index (χ2v) is 10.6. The largest absolute Gasteiger partial charge is 0.354 e. The number of benzene rings is 2. The fraction of sp³-hybridized carbons (Fsp3) is 0.536. The summed E-state index contributed by atoms with van der Waals surface area (Å²) in [6.45, 7) is 8.29. The van der Waals surface area contributed by atoms with E-state index in [1.807, 2.05) is 6.07 Å². The van der Waals surface area contributed by atoms with Crippen molar-refractivity contribution in [3.05, 3.63) is 71.8 Å². The summed E-state index contributed by atoms with van der Waals surface area (Å²) in [5.74, 6) is 2.54. The maximum absolute atomic E-state index is 13.9. The normalized spacial score (nSPS) is 31.2. The third-order valence-corrected chi connectivity index (χ3v) is 8.10. The third kappa shape index (κ3) is 3.88. The molecule has 6 rings (SSSR count). The van der Waals surface area contributed by atoms with E-state index in [-0.39, 0.29) is 11.9 Å². The molecule has 1 saturated carbocycles. The van der Waals surface area contributed by atoms with Crippen LogP contribution in [0.2, 0.25) is 0 Å². The average molecular weight is 432 g/mol. The van der Waals surface area contributed by atoms with Crippen molar-refractivity contribution in [2.45, 2.75) is 51.2 Å². The molecule has 4 heteroatoms. The number of piperidine rings is 2. The minimum absolute atomic E-state index is 0.228. The van der Waals surface area contributed by atoms with Gasteiger partial charge in [0.2, 0.25) is 5.91 Å². The van der Waals surface area contributed by atoms with Crippen molar-refractivity contribution in [1.82, 2.24) is 15.5 Å². The maximum Gasteiger partial charge on any atom is 0.242 e. The lowest BCUT2D eigenvalue weighted by molar-refractivity contribution is -0.138. The first-order valence-electron chi connectivity index (χ1n) is 12.4. The number of fused-ring (bicyclic) bond motifs is 1. The Morgan fingerprint density at radius 1 is 1.09 bits per heavy atom. The van der Waals surface area contributed by atoms with Gasteiger partial charge in [0.05, 0.1) is 0 Å². The Labute approximate surface area is 192 Å². The second kappa shape index (κ2) is 8.99. The van der Waals surface area contributed by atoms with Gasteiger partial charge in [-0.15, -0.1) is 0 Å². The summed E-state index contributed by atoms with van der Waals surface area (Å²) in [5.41, 5.74) is 2.18. The number of nitrogens with zero attached hydrogens (tertiary/aromatic N) is 1. The van der Waals surface area contributed by atoms with Gasteiger partial charge in [-0.05, 0) is 54.7 Å². The van der Waals surface area contributed by atoms with Crippen molar-refractivity contribution in [3.63, 3.8) is 0 Å². The van der Waals surface area contributed by atoms with Gasteiger partial charge in [0, 0.05) is 31.6 Å². The van der Waals surface area contributed by atoms with Crippen LogP contribution in [0.1, 0.15) is 37.8 Å². The van der Waals surface area contributed by atoms with Crippen LogP contribution in [0, 0.1) is 23.7 Å². The fourth-order valence-electron chi connectivity index (χ4n) is 6.88. The second-order valence-electron chi connectivity index (χ2n) is 10.6. The van der Waals surface area contributed by atoms with Crippen LogP contribution < -0.4 is 10.6 Å². The number of hydrogen-bond donors (Lipinski definition) is 2. The smallest absolute Gasteiger partial charge is 0.242 e. The molecule has 4 bridgehead atoms. The molecule has 3 aliphatic heterocycles. The first-order valence-corrected chi connectivity index (χ1v) is 12.4. The molecule has 4 nitrogen and oxygen atoms in total. The molecule has 0 aromatic heterocycles. The number of likely N-dealkylation sites (tertiary alicyclic amines) is 1. The molecular weight excluding hydrogens is 394 g/mol. The number of rotatable bonds is 8. The van der Waals surface area contributed by atoms with Crippen molar-refractivity contribution in [1.29, 1.82) is 0 Å². The molecule has 170 valence electrons. The van der Waals surface area contributed by atoms with Gasteiger partial charge in [-0.2, -0.15) is 0 Å². The summed E-state index contributed by atoms with van der Waals surface area (Å²) in [5, 5.41) is 7.16. The highest BCUT2D eigenvalue weighted by molar-refractivity contribution is 5.89. The molecule has 1 amide bonds. The first-order chi connectivity index (χ1) is 15.6. The summed E-state index contributed by atoms with van der Waals surface area (Å²) in [4.78, 5) is 16.5. The summed E-state index contributed by atoms with van der Waals surface area (Å²) >= 11 is 0. The molecule has 3 heterocycles. The fourth-order valence-corrected chi connectivity index (χ4v) is 6.88. The zero-order chi connectivity index (χ0) is 22.1. The lowest BCUT2D eigenvalue weighted by atomic mass is 9.58. The highest BCUT2D eigenvalue weighted by Crippen LogP contribution is 2.54. The highest BCUT2D eigenvalue weighted by atomic mass is 16.2. The minimum Gasteiger partial charge on any atom is -0.354 e. The molecule has 3 saturated heterocycles. The molecule has 4 unspecified atom stereocenters. The molecule has 0 spiro atoms. The van der Waals surface area contributed by atoms with Crippen molar-refractivity contribution >= 4 is 5.91 Å². The Balaban J connectivity index is 1.38. The predicted molar refractivity (Wildman–Crippen MR) is 129 cm³/mol. The van der Waals surface area contributed by atoms with Crippen LogP contribution in [-0.4, -0.2) is 42.0 Å². The lowest BCUT2D eigenvalue weighted by Crippen LogP contribution is -2.76. The van der Waals surface area contributed by atoms with E-state index in [1.54, 1.807) is 0 Å².